The van der Waals surface area contributed by atoms with E-state index < -0.39 is 10.1 Å². The van der Waals surface area contributed by atoms with Gasteiger partial charge in [0, 0.05) is 0 Å². The Morgan fingerprint density at radius 1 is 0.750 bits per heavy atom. The lowest BCUT2D eigenvalue weighted by atomic mass is 9.96. The Morgan fingerprint density at radius 3 is 1.89 bits per heavy atom. The van der Waals surface area contributed by atoms with Gasteiger partial charge in [-0.05, 0) is 59.7 Å². The topological polar surface area (TPSA) is 54.4 Å². The summed E-state index contributed by atoms with van der Waals surface area (Å²) in [5.41, 5.74) is 2.04. The summed E-state index contributed by atoms with van der Waals surface area (Å²) in [5, 5.41) is 2.03. The summed E-state index contributed by atoms with van der Waals surface area (Å²) in [6, 6.07) is 9.75. The molecule has 0 saturated carbocycles. The van der Waals surface area contributed by atoms with Gasteiger partial charge in [0.15, 0.2) is 0 Å². The van der Waals surface area contributed by atoms with Crippen LogP contribution in [-0.4, -0.2) is 13.0 Å². The van der Waals surface area contributed by atoms with Crippen LogP contribution in [-0.2, 0) is 23.0 Å². The highest BCUT2D eigenvalue weighted by atomic mass is 32.2. The fraction of sp³-hybridized carbons (Fsp3) is 0.583. The molecule has 0 saturated heterocycles. The molecule has 0 aromatic heterocycles. The first-order valence-corrected chi connectivity index (χ1v) is 12.4. The maximum Gasteiger partial charge on any atom is 0.294 e. The number of fused-ring (bicyclic) bond motifs is 1. The molecule has 0 atom stereocenters. The van der Waals surface area contributed by atoms with Crippen LogP contribution >= 0.6 is 0 Å². The Morgan fingerprint density at radius 2 is 1.32 bits per heavy atom. The quantitative estimate of drug-likeness (QED) is 0.286. The van der Waals surface area contributed by atoms with Crippen molar-refractivity contribution in [2.24, 2.45) is 0 Å². The zero-order valence-electron chi connectivity index (χ0n) is 17.5. The van der Waals surface area contributed by atoms with E-state index in [9.17, 15) is 13.0 Å². The Balaban J connectivity index is 2.24. The zero-order chi connectivity index (χ0) is 20.4. The van der Waals surface area contributed by atoms with Crippen LogP contribution in [0, 0.1) is 0 Å². The first-order valence-electron chi connectivity index (χ1n) is 11.0. The van der Waals surface area contributed by atoms with Crippen LogP contribution in [0.3, 0.4) is 0 Å². The van der Waals surface area contributed by atoms with Crippen molar-refractivity contribution < 1.29 is 13.0 Å². The van der Waals surface area contributed by atoms with Crippen molar-refractivity contribution in [1.82, 2.24) is 0 Å². The molecule has 0 aliphatic carbocycles. The smallest absolute Gasteiger partial charge is 0.282 e. The minimum atomic E-state index is -4.21. The number of benzene rings is 2. The molecule has 0 heterocycles. The molecule has 0 amide bonds. The zero-order valence-corrected chi connectivity index (χ0v) is 18.4. The predicted octanol–water partition coefficient (Wildman–Crippen LogP) is 7.11. The molecule has 0 spiro atoms. The van der Waals surface area contributed by atoms with Crippen LogP contribution in [0.5, 0.6) is 0 Å². The van der Waals surface area contributed by atoms with E-state index in [-0.39, 0.29) is 4.90 Å². The van der Waals surface area contributed by atoms with Gasteiger partial charge in [-0.15, -0.1) is 0 Å². The molecule has 0 aliphatic rings. The first-order chi connectivity index (χ1) is 13.5. The molecule has 2 aromatic carbocycles. The Bertz CT molecular complexity index is 840. The van der Waals surface area contributed by atoms with Crippen molar-refractivity contribution in [1.29, 1.82) is 0 Å². The third-order valence-corrected chi connectivity index (χ3v) is 6.46. The fourth-order valence-corrected chi connectivity index (χ4v) is 4.67. The maximum atomic E-state index is 11.9. The molecule has 1 N–H and O–H groups in total. The number of rotatable bonds is 13. The van der Waals surface area contributed by atoms with Crippen LogP contribution in [0.1, 0.15) is 89.2 Å². The lowest BCUT2D eigenvalue weighted by molar-refractivity contribution is 0.482. The van der Waals surface area contributed by atoms with Crippen molar-refractivity contribution in [2.45, 2.75) is 95.8 Å². The third kappa shape index (κ3) is 6.89. The molecule has 0 radical (unpaired) electrons. The van der Waals surface area contributed by atoms with E-state index in [0.717, 1.165) is 42.0 Å². The van der Waals surface area contributed by atoms with Crippen molar-refractivity contribution >= 4 is 20.9 Å². The lowest BCUT2D eigenvalue weighted by Crippen LogP contribution is -2.04. The highest BCUT2D eigenvalue weighted by molar-refractivity contribution is 7.85. The minimum Gasteiger partial charge on any atom is -0.282 e. The summed E-state index contributed by atoms with van der Waals surface area (Å²) in [7, 11) is -4.21. The predicted molar refractivity (Wildman–Crippen MR) is 119 cm³/mol. The molecule has 2 rings (SSSR count). The van der Waals surface area contributed by atoms with Crippen LogP contribution in [0.15, 0.2) is 35.2 Å². The van der Waals surface area contributed by atoms with Crippen molar-refractivity contribution in [2.75, 3.05) is 0 Å². The molecule has 4 heteroatoms. The molecule has 0 aliphatic heterocycles. The maximum absolute atomic E-state index is 11.9. The monoisotopic (exact) mass is 404 g/mol. The van der Waals surface area contributed by atoms with E-state index in [2.05, 4.69) is 19.9 Å². The van der Waals surface area contributed by atoms with Crippen molar-refractivity contribution in [3.63, 3.8) is 0 Å². The number of hydrogen-bond acceptors (Lipinski definition) is 2. The third-order valence-electron chi connectivity index (χ3n) is 5.53. The van der Waals surface area contributed by atoms with Gasteiger partial charge in [-0.3, -0.25) is 4.55 Å². The number of aryl methyl sites for hydroxylation is 2. The fourth-order valence-electron chi connectivity index (χ4n) is 3.91. The van der Waals surface area contributed by atoms with Gasteiger partial charge in [-0.2, -0.15) is 8.42 Å². The summed E-state index contributed by atoms with van der Waals surface area (Å²) in [6.07, 6.45) is 13.5. The van der Waals surface area contributed by atoms with Gasteiger partial charge in [0.05, 0.1) is 4.90 Å². The molecule has 3 nitrogen and oxygen atoms in total. The highest BCUT2D eigenvalue weighted by Gasteiger charge is 2.17. The van der Waals surface area contributed by atoms with Crippen LogP contribution in [0.2, 0.25) is 0 Å². The average Bonchev–Trinajstić information content (AvgIpc) is 2.66. The Hall–Kier alpha value is -1.39. The first kappa shape index (κ1) is 22.9. The van der Waals surface area contributed by atoms with Gasteiger partial charge in [0.25, 0.3) is 10.1 Å². The second-order valence-electron chi connectivity index (χ2n) is 7.90. The summed E-state index contributed by atoms with van der Waals surface area (Å²) in [4.78, 5) is 0.0792. The highest BCUT2D eigenvalue weighted by Crippen LogP contribution is 2.28. The van der Waals surface area contributed by atoms with Crippen molar-refractivity contribution in [3.05, 3.63) is 41.5 Å². The summed E-state index contributed by atoms with van der Waals surface area (Å²) in [5.74, 6) is 0. The minimum absolute atomic E-state index is 0.0792. The standard InChI is InChI=1S/C24H36O3S/c1-3-5-7-9-11-14-20-16-13-17-21-19-24(28(25,26)27)22(18-23(20)21)15-12-10-8-6-4-2/h13,16-19H,3-12,14-15H2,1-2H3,(H,25,26,27). The summed E-state index contributed by atoms with van der Waals surface area (Å²) < 4.78 is 33.6. The molecule has 28 heavy (non-hydrogen) atoms. The second-order valence-corrected chi connectivity index (χ2v) is 9.29. The SMILES string of the molecule is CCCCCCCc1cc2c(CCCCCCC)cccc2cc1S(=O)(=O)O. The Kier molecular flexibility index (Phi) is 9.46. The molecule has 0 fully saturated rings. The van der Waals surface area contributed by atoms with E-state index in [4.69, 9.17) is 0 Å². The molecule has 2 aromatic rings. The second kappa shape index (κ2) is 11.6. The van der Waals surface area contributed by atoms with Crippen LogP contribution < -0.4 is 0 Å². The molecular formula is C24H36O3S. The van der Waals surface area contributed by atoms with Gasteiger partial charge >= 0.3 is 0 Å². The normalized spacial score (nSPS) is 12.0. The van der Waals surface area contributed by atoms with E-state index in [1.807, 2.05) is 18.2 Å². The van der Waals surface area contributed by atoms with Crippen molar-refractivity contribution in [3.8, 4) is 0 Å². The molecule has 0 unspecified atom stereocenters. The van der Waals surface area contributed by atoms with Gasteiger partial charge < -0.3 is 0 Å². The Labute approximate surface area is 171 Å². The van der Waals surface area contributed by atoms with Crippen LogP contribution in [0.25, 0.3) is 10.8 Å². The van der Waals surface area contributed by atoms with Crippen LogP contribution in [0.4, 0.5) is 0 Å². The molecular weight excluding hydrogens is 368 g/mol. The molecule has 156 valence electrons. The van der Waals surface area contributed by atoms with Gasteiger partial charge in [0.2, 0.25) is 0 Å². The lowest BCUT2D eigenvalue weighted by Gasteiger charge is -2.13. The van der Waals surface area contributed by atoms with Gasteiger partial charge in [0.1, 0.15) is 0 Å². The van der Waals surface area contributed by atoms with Gasteiger partial charge in [-0.1, -0.05) is 83.4 Å². The number of unbranched alkanes of at least 4 members (excludes halogenated alkanes) is 8. The van der Waals surface area contributed by atoms with E-state index in [1.165, 1.54) is 50.5 Å². The number of hydrogen-bond donors (Lipinski definition) is 1. The largest absolute Gasteiger partial charge is 0.294 e. The summed E-state index contributed by atoms with van der Waals surface area (Å²) in [6.45, 7) is 4.41. The van der Waals surface area contributed by atoms with E-state index in [0.29, 0.717) is 6.42 Å². The average molecular weight is 405 g/mol. The van der Waals surface area contributed by atoms with Gasteiger partial charge in [-0.25, -0.2) is 0 Å². The summed E-state index contributed by atoms with van der Waals surface area (Å²) >= 11 is 0. The molecule has 0 bridgehead atoms. The van der Waals surface area contributed by atoms with E-state index in [1.54, 1.807) is 6.07 Å². The van der Waals surface area contributed by atoms with E-state index >= 15 is 0 Å².